The number of hydrogen-bond donors (Lipinski definition) is 7. The lowest BCUT2D eigenvalue weighted by atomic mass is 10.1. The lowest BCUT2D eigenvalue weighted by Crippen LogP contribution is -2.38. The Balaban J connectivity index is 0.000000463. The van der Waals surface area contributed by atoms with Crippen molar-refractivity contribution in [2.75, 3.05) is 6.61 Å². The molecular formula is C9H14BrN2O10P. The minimum atomic E-state index is -4.64. The van der Waals surface area contributed by atoms with Crippen molar-refractivity contribution in [3.05, 3.63) is 31.5 Å². The van der Waals surface area contributed by atoms with Crippen molar-refractivity contribution in [2.45, 2.75) is 24.5 Å². The van der Waals surface area contributed by atoms with Crippen molar-refractivity contribution in [2.24, 2.45) is 0 Å². The molecule has 4 atom stereocenters. The van der Waals surface area contributed by atoms with Gasteiger partial charge < -0.3 is 34.7 Å². The molecule has 0 saturated carbocycles. The number of aliphatic hydroxyl groups is 3. The number of nitrogens with zero attached hydrogens (tertiary/aromatic N) is 1. The third-order valence-corrected chi connectivity index (χ3v) is 3.28. The number of rotatable bonds is 2. The van der Waals surface area contributed by atoms with Crippen molar-refractivity contribution in [3.63, 3.8) is 0 Å². The second-order valence-corrected chi connectivity index (χ2v) is 6.27. The summed E-state index contributed by atoms with van der Waals surface area (Å²) in [4.78, 5) is 46.3. The van der Waals surface area contributed by atoms with Crippen LogP contribution in [0.4, 0.5) is 0 Å². The average molecular weight is 421 g/mol. The zero-order chi connectivity index (χ0) is 17.9. The van der Waals surface area contributed by atoms with Crippen molar-refractivity contribution in [1.29, 1.82) is 0 Å². The van der Waals surface area contributed by atoms with Crippen LogP contribution in [0.3, 0.4) is 0 Å². The van der Waals surface area contributed by atoms with Crippen LogP contribution in [0, 0.1) is 0 Å². The number of halogens is 1. The Kier molecular flexibility index (Phi) is 6.82. The lowest BCUT2D eigenvalue weighted by Gasteiger charge is -2.17. The van der Waals surface area contributed by atoms with Gasteiger partial charge in [0.25, 0.3) is 5.56 Å². The molecule has 7 N–H and O–H groups in total. The predicted molar refractivity (Wildman–Crippen MR) is 76.3 cm³/mol. The number of aliphatic hydroxyl groups excluding tert-OH is 3. The van der Waals surface area contributed by atoms with Crippen molar-refractivity contribution < 1.29 is 39.3 Å². The summed E-state index contributed by atoms with van der Waals surface area (Å²) in [5.41, 5.74) is -1.39. The number of aromatic amines is 1. The maximum atomic E-state index is 11.6. The van der Waals surface area contributed by atoms with E-state index in [0.717, 1.165) is 10.8 Å². The fraction of sp³-hybridized carbons (Fsp3) is 0.556. The molecule has 1 aromatic heterocycles. The van der Waals surface area contributed by atoms with E-state index in [2.05, 4.69) is 15.9 Å². The topological polar surface area (TPSA) is 203 Å². The van der Waals surface area contributed by atoms with Crippen LogP contribution in [0.2, 0.25) is 0 Å². The van der Waals surface area contributed by atoms with Crippen LogP contribution in [0.15, 0.2) is 20.3 Å². The smallest absolute Gasteiger partial charge is 0.394 e. The minimum absolute atomic E-state index is 0.0832. The van der Waals surface area contributed by atoms with Crippen molar-refractivity contribution >= 4 is 23.8 Å². The largest absolute Gasteiger partial charge is 0.466 e. The van der Waals surface area contributed by atoms with E-state index >= 15 is 0 Å². The summed E-state index contributed by atoms with van der Waals surface area (Å²) in [6, 6.07) is 0. The van der Waals surface area contributed by atoms with E-state index in [-0.39, 0.29) is 4.47 Å². The van der Waals surface area contributed by atoms with Crippen LogP contribution in [-0.2, 0) is 9.30 Å². The highest BCUT2D eigenvalue weighted by Crippen LogP contribution is 2.28. The van der Waals surface area contributed by atoms with Gasteiger partial charge in [0.1, 0.15) is 18.3 Å². The molecule has 1 fully saturated rings. The second-order valence-electron chi connectivity index (χ2n) is 4.39. The van der Waals surface area contributed by atoms with Gasteiger partial charge in [0.2, 0.25) is 0 Å². The second kappa shape index (κ2) is 7.79. The van der Waals surface area contributed by atoms with Gasteiger partial charge in [-0.1, -0.05) is 0 Å². The van der Waals surface area contributed by atoms with Gasteiger partial charge in [-0.05, 0) is 15.9 Å². The summed E-state index contributed by atoms with van der Waals surface area (Å²) >= 11 is 2.94. The van der Waals surface area contributed by atoms with Gasteiger partial charge in [0.15, 0.2) is 6.23 Å². The first-order valence-corrected chi connectivity index (χ1v) is 8.23. The molecule has 1 aliphatic heterocycles. The normalized spacial score (nSPS) is 27.4. The molecule has 12 nitrogen and oxygen atoms in total. The van der Waals surface area contributed by atoms with Gasteiger partial charge in [-0.3, -0.25) is 14.3 Å². The molecule has 132 valence electrons. The zero-order valence-corrected chi connectivity index (χ0v) is 13.7. The number of hydrogen-bond acceptors (Lipinski definition) is 7. The molecule has 0 spiro atoms. The molecule has 2 heterocycles. The molecule has 23 heavy (non-hydrogen) atoms. The van der Waals surface area contributed by atoms with Gasteiger partial charge in [0.05, 0.1) is 11.1 Å². The highest BCUT2D eigenvalue weighted by atomic mass is 79.9. The van der Waals surface area contributed by atoms with Gasteiger partial charge in [-0.2, -0.15) is 0 Å². The van der Waals surface area contributed by atoms with Gasteiger partial charge >= 0.3 is 13.5 Å². The van der Waals surface area contributed by atoms with Crippen LogP contribution < -0.4 is 11.2 Å². The third-order valence-electron chi connectivity index (χ3n) is 2.72. The molecule has 0 radical (unpaired) electrons. The molecule has 0 unspecified atom stereocenters. The monoisotopic (exact) mass is 420 g/mol. The van der Waals surface area contributed by atoms with E-state index in [1.54, 1.807) is 0 Å². The van der Waals surface area contributed by atoms with Crippen LogP contribution in [0.5, 0.6) is 0 Å². The van der Waals surface area contributed by atoms with Gasteiger partial charge in [0, 0.05) is 6.20 Å². The molecule has 0 aliphatic carbocycles. The molecule has 0 amide bonds. The summed E-state index contributed by atoms with van der Waals surface area (Å²) in [5.74, 6) is 0. The number of aromatic nitrogens is 2. The van der Waals surface area contributed by atoms with E-state index in [0.29, 0.717) is 0 Å². The third kappa shape index (κ3) is 5.60. The minimum Gasteiger partial charge on any atom is -0.394 e. The number of nitrogens with one attached hydrogen (secondary N) is 1. The number of ether oxygens (including phenoxy) is 1. The molecule has 0 bridgehead atoms. The highest BCUT2D eigenvalue weighted by Gasteiger charge is 2.43. The highest BCUT2D eigenvalue weighted by molar-refractivity contribution is 9.10. The Hall–Kier alpha value is -0.890. The first-order valence-electron chi connectivity index (χ1n) is 5.87. The average Bonchev–Trinajstić information content (AvgIpc) is 2.69. The maximum Gasteiger partial charge on any atom is 0.466 e. The van der Waals surface area contributed by atoms with Crippen LogP contribution >= 0.6 is 23.8 Å². The predicted octanol–water partition coefficient (Wildman–Crippen LogP) is -3.02. The molecular weight excluding hydrogens is 407 g/mol. The summed E-state index contributed by atoms with van der Waals surface area (Å²) in [7, 11) is -4.64. The van der Waals surface area contributed by atoms with Crippen LogP contribution in [-0.4, -0.2) is 64.5 Å². The molecule has 14 heteroatoms. The summed E-state index contributed by atoms with van der Waals surface area (Å²) < 4.78 is 15.1. The molecule has 1 aromatic rings. The van der Waals surface area contributed by atoms with E-state index in [4.69, 9.17) is 29.1 Å². The first-order chi connectivity index (χ1) is 10.5. The van der Waals surface area contributed by atoms with Crippen molar-refractivity contribution in [3.8, 4) is 0 Å². The Morgan fingerprint density at radius 3 is 2.22 bits per heavy atom. The van der Waals surface area contributed by atoms with Gasteiger partial charge in [-0.25, -0.2) is 9.36 Å². The zero-order valence-electron chi connectivity index (χ0n) is 11.2. The maximum absolute atomic E-state index is 11.6. The molecule has 2 rings (SSSR count). The van der Waals surface area contributed by atoms with E-state index in [1.807, 2.05) is 4.98 Å². The van der Waals surface area contributed by atoms with E-state index < -0.39 is 50.2 Å². The number of phosphoric acid groups is 1. The molecule has 1 aliphatic rings. The number of H-pyrrole nitrogens is 1. The fourth-order valence-corrected chi connectivity index (χ4v) is 2.08. The fourth-order valence-electron chi connectivity index (χ4n) is 1.76. The van der Waals surface area contributed by atoms with Crippen LogP contribution in [0.25, 0.3) is 0 Å². The summed E-state index contributed by atoms with van der Waals surface area (Å²) in [6.45, 7) is -0.492. The van der Waals surface area contributed by atoms with Crippen LogP contribution in [0.1, 0.15) is 6.23 Å². The van der Waals surface area contributed by atoms with E-state index in [1.165, 1.54) is 0 Å². The summed E-state index contributed by atoms with van der Waals surface area (Å²) in [6.07, 6.45) is -3.68. The Labute approximate surface area is 136 Å². The summed E-state index contributed by atoms with van der Waals surface area (Å²) in [5, 5.41) is 28.3. The first kappa shape index (κ1) is 20.2. The van der Waals surface area contributed by atoms with Gasteiger partial charge in [-0.15, -0.1) is 0 Å². The Morgan fingerprint density at radius 1 is 1.26 bits per heavy atom. The molecule has 1 saturated heterocycles. The lowest BCUT2D eigenvalue weighted by molar-refractivity contribution is -0.0551. The van der Waals surface area contributed by atoms with E-state index in [9.17, 15) is 19.8 Å². The quantitative estimate of drug-likeness (QED) is 0.241. The SMILES string of the molecule is O=P(O)(O)O.O=c1[nH]c(=O)n([C@@H]2O[C@H](CO)[C@@H](O)[C@H]2O)cc1Br. The molecule has 0 aromatic carbocycles. The standard InChI is InChI=1S/C9H11BrN2O6.H3O4P/c10-3-1-12(9(17)11-7(3)16)8-6(15)5(14)4(2-13)18-8;1-5(2,3)4/h1,4-6,8,13-15H,2H2,(H,11,16,17);(H3,1,2,3,4)/t4-,5-,6-,8-;/m1./s1. The Morgan fingerprint density at radius 2 is 1.78 bits per heavy atom. The Bertz CT molecular complexity index is 690. The van der Waals surface area contributed by atoms with Crippen molar-refractivity contribution in [1.82, 2.24) is 9.55 Å².